The number of aryl methyl sites for hydroxylation is 1. The fraction of sp³-hybridized carbons (Fsp3) is 0.0588. The monoisotopic (exact) mass is 550 g/mol. The standard InChI is InChI=1S/C27H24P.C7H8O3S/c1-2-27(23-15-7-3-8-16-23)28(24-17-9-4-10-18-24,25-19-11-5-12-20-25)26-21-13-6-14-22-26;1-6-2-4-7(5-3-6)11(8,9)10/h2-22,27H,1H2;2-5H,1H3,(H,8,9,10)/q+1;/p-1. The molecule has 0 saturated heterocycles. The second kappa shape index (κ2) is 12.8. The van der Waals surface area contributed by atoms with Crippen molar-refractivity contribution in [2.75, 3.05) is 0 Å². The van der Waals surface area contributed by atoms with Crippen molar-refractivity contribution in [2.45, 2.75) is 17.5 Å². The highest BCUT2D eigenvalue weighted by atomic mass is 32.2. The van der Waals surface area contributed by atoms with E-state index in [-0.39, 0.29) is 10.6 Å². The van der Waals surface area contributed by atoms with Crippen molar-refractivity contribution in [1.29, 1.82) is 0 Å². The highest BCUT2D eigenvalue weighted by Crippen LogP contribution is 2.67. The lowest BCUT2D eigenvalue weighted by molar-refractivity contribution is 0.463. The van der Waals surface area contributed by atoms with Crippen molar-refractivity contribution in [3.05, 3.63) is 169 Å². The average Bonchev–Trinajstić information content (AvgIpc) is 2.98. The van der Waals surface area contributed by atoms with Crippen molar-refractivity contribution in [2.24, 2.45) is 0 Å². The predicted molar refractivity (Wildman–Crippen MR) is 164 cm³/mol. The third kappa shape index (κ3) is 6.43. The first-order valence-electron chi connectivity index (χ1n) is 12.6. The molecule has 1 unspecified atom stereocenters. The maximum absolute atomic E-state index is 10.4. The second-order valence-electron chi connectivity index (χ2n) is 9.09. The molecule has 0 heterocycles. The lowest BCUT2D eigenvalue weighted by Crippen LogP contribution is -2.34. The Labute approximate surface area is 232 Å². The third-order valence-corrected chi connectivity index (χ3v) is 12.1. The molecule has 0 N–H and O–H groups in total. The summed E-state index contributed by atoms with van der Waals surface area (Å²) in [6.45, 7) is 6.13. The van der Waals surface area contributed by atoms with Gasteiger partial charge in [-0.15, -0.1) is 0 Å². The fourth-order valence-corrected chi connectivity index (χ4v) is 9.98. The number of hydrogen-bond donors (Lipinski definition) is 0. The van der Waals surface area contributed by atoms with Crippen LogP contribution in [0.1, 0.15) is 16.8 Å². The first-order chi connectivity index (χ1) is 18.9. The van der Waals surface area contributed by atoms with Crippen LogP contribution in [0.3, 0.4) is 0 Å². The van der Waals surface area contributed by atoms with Crippen LogP contribution in [0.4, 0.5) is 0 Å². The van der Waals surface area contributed by atoms with E-state index in [1.165, 1.54) is 33.6 Å². The molecule has 0 spiro atoms. The van der Waals surface area contributed by atoms with Gasteiger partial charge in [0.15, 0.2) is 0 Å². The van der Waals surface area contributed by atoms with Gasteiger partial charge in [-0.05, 0) is 67.1 Å². The van der Waals surface area contributed by atoms with E-state index in [2.05, 4.69) is 134 Å². The van der Waals surface area contributed by atoms with Gasteiger partial charge in [0.1, 0.15) is 39.0 Å². The van der Waals surface area contributed by atoms with Gasteiger partial charge >= 0.3 is 0 Å². The summed E-state index contributed by atoms with van der Waals surface area (Å²) >= 11 is 0. The number of rotatable bonds is 7. The van der Waals surface area contributed by atoms with Crippen LogP contribution in [0.5, 0.6) is 0 Å². The van der Waals surface area contributed by atoms with E-state index in [0.717, 1.165) is 5.56 Å². The van der Waals surface area contributed by atoms with Gasteiger partial charge in [-0.1, -0.05) is 109 Å². The lowest BCUT2D eigenvalue weighted by Gasteiger charge is -2.33. The Morgan fingerprint density at radius 3 is 1.31 bits per heavy atom. The van der Waals surface area contributed by atoms with Crippen LogP contribution in [0.2, 0.25) is 0 Å². The molecule has 0 amide bonds. The van der Waals surface area contributed by atoms with Crippen LogP contribution in [-0.4, -0.2) is 13.0 Å². The molecule has 5 heteroatoms. The Hall–Kier alpha value is -3.82. The number of hydrogen-bond acceptors (Lipinski definition) is 3. The smallest absolute Gasteiger partial charge is 0.126 e. The lowest BCUT2D eigenvalue weighted by atomic mass is 10.1. The highest BCUT2D eigenvalue weighted by Gasteiger charge is 2.51. The van der Waals surface area contributed by atoms with Crippen molar-refractivity contribution in [3.8, 4) is 0 Å². The molecule has 0 saturated carbocycles. The molecular formula is C34H31O3PS. The van der Waals surface area contributed by atoms with Gasteiger partial charge in [0.25, 0.3) is 0 Å². The molecule has 5 aromatic carbocycles. The molecule has 0 bridgehead atoms. The number of benzene rings is 5. The SMILES string of the molecule is C=CC(c1ccccc1)[P+](c1ccccc1)(c1ccccc1)c1ccccc1.Cc1ccc(S(=O)(=O)[O-])cc1. The molecule has 5 rings (SSSR count). The van der Waals surface area contributed by atoms with Crippen LogP contribution in [0.25, 0.3) is 0 Å². The maximum Gasteiger partial charge on any atom is 0.126 e. The van der Waals surface area contributed by atoms with Gasteiger partial charge in [-0.2, -0.15) is 0 Å². The Kier molecular flexibility index (Phi) is 9.27. The molecular weight excluding hydrogens is 519 g/mol. The zero-order valence-electron chi connectivity index (χ0n) is 21.8. The maximum atomic E-state index is 10.4. The summed E-state index contributed by atoms with van der Waals surface area (Å²) in [5.74, 6) is 0. The Bertz CT molecular complexity index is 1470. The van der Waals surface area contributed by atoms with Gasteiger partial charge < -0.3 is 4.55 Å². The van der Waals surface area contributed by atoms with E-state index in [1.54, 1.807) is 12.1 Å². The van der Waals surface area contributed by atoms with E-state index in [0.29, 0.717) is 0 Å². The molecule has 0 aliphatic rings. The van der Waals surface area contributed by atoms with E-state index in [1.807, 2.05) is 6.92 Å². The first kappa shape index (κ1) is 28.2. The van der Waals surface area contributed by atoms with E-state index >= 15 is 0 Å². The number of allylic oxidation sites excluding steroid dienone is 1. The van der Waals surface area contributed by atoms with Gasteiger partial charge in [-0.25, -0.2) is 8.42 Å². The average molecular weight is 551 g/mol. The van der Waals surface area contributed by atoms with Crippen molar-refractivity contribution in [1.82, 2.24) is 0 Å². The summed E-state index contributed by atoms with van der Waals surface area (Å²) in [6.07, 6.45) is 2.15. The van der Waals surface area contributed by atoms with Crippen LogP contribution in [0, 0.1) is 6.92 Å². The minimum absolute atomic E-state index is 0.178. The second-order valence-corrected chi connectivity index (χ2v) is 14.0. The molecule has 0 fully saturated rings. The molecule has 5 aromatic rings. The van der Waals surface area contributed by atoms with E-state index < -0.39 is 17.4 Å². The first-order valence-corrected chi connectivity index (χ1v) is 15.9. The third-order valence-electron chi connectivity index (χ3n) is 6.58. The topological polar surface area (TPSA) is 57.2 Å². The molecule has 0 radical (unpaired) electrons. The summed E-state index contributed by atoms with van der Waals surface area (Å²) in [5, 5.41) is 4.13. The summed E-state index contributed by atoms with van der Waals surface area (Å²) in [4.78, 5) is -0.178. The molecule has 39 heavy (non-hydrogen) atoms. The van der Waals surface area contributed by atoms with Crippen LogP contribution in [0.15, 0.2) is 163 Å². The molecule has 0 aromatic heterocycles. The predicted octanol–water partition coefficient (Wildman–Crippen LogP) is 6.81. The minimum Gasteiger partial charge on any atom is -0.744 e. The van der Waals surface area contributed by atoms with E-state index in [9.17, 15) is 13.0 Å². The normalized spacial score (nSPS) is 12.1. The van der Waals surface area contributed by atoms with Gasteiger partial charge in [0.2, 0.25) is 0 Å². The summed E-state index contributed by atoms with van der Waals surface area (Å²) < 4.78 is 31.2. The summed E-state index contributed by atoms with van der Waals surface area (Å²) in [5.41, 5.74) is 2.43. The highest BCUT2D eigenvalue weighted by molar-refractivity contribution is 7.96. The Balaban J connectivity index is 0.000000270. The molecule has 1 atom stereocenters. The molecule has 196 valence electrons. The fourth-order valence-electron chi connectivity index (χ4n) is 4.79. The Morgan fingerprint density at radius 1 is 0.615 bits per heavy atom. The van der Waals surface area contributed by atoms with Crippen molar-refractivity contribution in [3.63, 3.8) is 0 Å². The van der Waals surface area contributed by atoms with Gasteiger partial charge in [-0.3, -0.25) is 0 Å². The van der Waals surface area contributed by atoms with Gasteiger partial charge in [0, 0.05) is 0 Å². The minimum atomic E-state index is -4.27. The Morgan fingerprint density at radius 2 is 0.974 bits per heavy atom. The zero-order valence-corrected chi connectivity index (χ0v) is 23.5. The van der Waals surface area contributed by atoms with Crippen molar-refractivity contribution >= 4 is 33.3 Å². The zero-order chi connectivity index (χ0) is 27.7. The molecule has 3 nitrogen and oxygen atoms in total. The molecule has 0 aliphatic carbocycles. The summed E-state index contributed by atoms with van der Waals surface area (Å²) in [7, 11) is -6.27. The largest absolute Gasteiger partial charge is 0.744 e. The van der Waals surface area contributed by atoms with Crippen molar-refractivity contribution < 1.29 is 13.0 Å². The molecule has 0 aliphatic heterocycles. The van der Waals surface area contributed by atoms with E-state index in [4.69, 9.17) is 0 Å². The van der Waals surface area contributed by atoms with Crippen LogP contribution in [-0.2, 0) is 10.1 Å². The van der Waals surface area contributed by atoms with Crippen LogP contribution < -0.4 is 15.9 Å². The van der Waals surface area contributed by atoms with Crippen LogP contribution >= 0.6 is 7.26 Å². The summed E-state index contributed by atoms with van der Waals surface area (Å²) in [6, 6.07) is 49.5. The quantitative estimate of drug-likeness (QED) is 0.127. The van der Waals surface area contributed by atoms with Gasteiger partial charge in [0.05, 0.1) is 4.90 Å².